The van der Waals surface area contributed by atoms with Crippen molar-refractivity contribution in [2.75, 3.05) is 5.32 Å². The van der Waals surface area contributed by atoms with E-state index in [0.29, 0.717) is 11.4 Å². The highest BCUT2D eigenvalue weighted by Crippen LogP contribution is 2.12. The van der Waals surface area contributed by atoms with Gasteiger partial charge >= 0.3 is 0 Å². The van der Waals surface area contributed by atoms with Gasteiger partial charge in [0, 0.05) is 11.8 Å². The molecule has 0 aliphatic rings. The lowest BCUT2D eigenvalue weighted by molar-refractivity contribution is -0.116. The van der Waals surface area contributed by atoms with E-state index in [4.69, 9.17) is 5.14 Å². The van der Waals surface area contributed by atoms with Crippen LogP contribution in [0.2, 0.25) is 0 Å². The summed E-state index contributed by atoms with van der Waals surface area (Å²) >= 11 is 0. The monoisotopic (exact) mass is 350 g/mol. The molecule has 0 spiro atoms. The molecule has 0 unspecified atom stereocenters. The Balaban J connectivity index is 2.07. The first-order valence-electron chi connectivity index (χ1n) is 7.16. The number of anilines is 1. The highest BCUT2D eigenvalue weighted by atomic mass is 32.2. The van der Waals surface area contributed by atoms with E-state index < -0.39 is 15.9 Å². The van der Waals surface area contributed by atoms with E-state index in [9.17, 15) is 18.0 Å². The molecule has 1 amide bonds. The van der Waals surface area contributed by atoms with E-state index >= 15 is 0 Å². The van der Waals surface area contributed by atoms with Gasteiger partial charge < -0.3 is 5.32 Å². The van der Waals surface area contributed by atoms with E-state index in [0.717, 1.165) is 0 Å². The van der Waals surface area contributed by atoms with Crippen molar-refractivity contribution in [1.82, 2.24) is 9.55 Å². The first-order valence-corrected chi connectivity index (χ1v) is 8.70. The SMILES string of the molecule is CC(C)c1cc(=O)n(CC(=O)Nc2ccc(S(N)(=O)=O)cc2)cn1. The molecule has 0 saturated heterocycles. The first kappa shape index (κ1) is 17.8. The zero-order valence-electron chi connectivity index (χ0n) is 13.3. The molecule has 1 aromatic carbocycles. The number of carbonyl (C=O) groups is 1. The number of carbonyl (C=O) groups excluding carboxylic acids is 1. The van der Waals surface area contributed by atoms with Gasteiger partial charge in [0.1, 0.15) is 6.54 Å². The normalized spacial score (nSPS) is 11.5. The van der Waals surface area contributed by atoms with Crippen LogP contribution in [0.4, 0.5) is 5.69 Å². The molecule has 0 aliphatic heterocycles. The molecule has 8 nitrogen and oxygen atoms in total. The Hall–Kier alpha value is -2.52. The number of aromatic nitrogens is 2. The third-order valence-corrected chi connectivity index (χ3v) is 4.20. The van der Waals surface area contributed by atoms with Crippen LogP contribution in [-0.4, -0.2) is 23.9 Å². The number of amides is 1. The van der Waals surface area contributed by atoms with Crippen LogP contribution in [0.5, 0.6) is 0 Å². The summed E-state index contributed by atoms with van der Waals surface area (Å²) < 4.78 is 23.5. The summed E-state index contributed by atoms with van der Waals surface area (Å²) in [5, 5.41) is 7.57. The summed E-state index contributed by atoms with van der Waals surface area (Å²) in [7, 11) is -3.78. The molecule has 0 atom stereocenters. The molecule has 1 heterocycles. The number of primary sulfonamides is 1. The van der Waals surface area contributed by atoms with Crippen LogP contribution in [0.1, 0.15) is 25.5 Å². The van der Waals surface area contributed by atoms with Crippen molar-refractivity contribution in [1.29, 1.82) is 0 Å². The van der Waals surface area contributed by atoms with E-state index in [1.54, 1.807) is 0 Å². The van der Waals surface area contributed by atoms with Crippen LogP contribution in [0, 0.1) is 0 Å². The molecule has 9 heteroatoms. The maximum Gasteiger partial charge on any atom is 0.254 e. The maximum atomic E-state index is 12.0. The highest BCUT2D eigenvalue weighted by molar-refractivity contribution is 7.89. The predicted octanol–water partition coefficient (Wildman–Crippen LogP) is 0.653. The molecule has 0 fully saturated rings. The summed E-state index contributed by atoms with van der Waals surface area (Å²) in [5.41, 5.74) is 0.746. The van der Waals surface area contributed by atoms with Gasteiger partial charge in [0.05, 0.1) is 16.9 Å². The molecular formula is C15H18N4O4S. The Morgan fingerprint density at radius 2 is 1.92 bits per heavy atom. The Morgan fingerprint density at radius 1 is 1.29 bits per heavy atom. The fourth-order valence-corrected chi connectivity index (χ4v) is 2.47. The minimum Gasteiger partial charge on any atom is -0.325 e. The maximum absolute atomic E-state index is 12.0. The van der Waals surface area contributed by atoms with Gasteiger partial charge in [0.25, 0.3) is 5.56 Å². The molecule has 2 aromatic rings. The fourth-order valence-electron chi connectivity index (χ4n) is 1.96. The number of nitrogens with two attached hydrogens (primary N) is 1. The van der Waals surface area contributed by atoms with Gasteiger partial charge in [-0.15, -0.1) is 0 Å². The van der Waals surface area contributed by atoms with E-state index in [2.05, 4.69) is 10.3 Å². The van der Waals surface area contributed by atoms with Crippen LogP contribution >= 0.6 is 0 Å². The van der Waals surface area contributed by atoms with Crippen molar-refractivity contribution < 1.29 is 13.2 Å². The van der Waals surface area contributed by atoms with E-state index in [1.165, 1.54) is 41.2 Å². The number of nitrogens with one attached hydrogen (secondary N) is 1. The molecule has 3 N–H and O–H groups in total. The van der Waals surface area contributed by atoms with Crippen LogP contribution in [0.3, 0.4) is 0 Å². The smallest absolute Gasteiger partial charge is 0.254 e. The van der Waals surface area contributed by atoms with Crippen LogP contribution in [-0.2, 0) is 21.4 Å². The molecular weight excluding hydrogens is 332 g/mol. The lowest BCUT2D eigenvalue weighted by Crippen LogP contribution is -2.28. The van der Waals surface area contributed by atoms with Crippen LogP contribution in [0.25, 0.3) is 0 Å². The second kappa shape index (κ2) is 6.93. The Labute approximate surface area is 139 Å². The first-order chi connectivity index (χ1) is 11.2. The Kier molecular flexibility index (Phi) is 5.15. The molecule has 0 saturated carbocycles. The van der Waals surface area contributed by atoms with E-state index in [-0.39, 0.29) is 22.9 Å². The van der Waals surface area contributed by atoms with Crippen molar-refractivity contribution in [2.45, 2.75) is 31.2 Å². The molecule has 0 aliphatic carbocycles. The summed E-state index contributed by atoms with van der Waals surface area (Å²) in [6.45, 7) is 3.65. The lowest BCUT2D eigenvalue weighted by Gasteiger charge is -2.09. The van der Waals surface area contributed by atoms with E-state index in [1.807, 2.05) is 13.8 Å². The molecule has 0 bridgehead atoms. The quantitative estimate of drug-likeness (QED) is 0.819. The number of nitrogens with zero attached hydrogens (tertiary/aromatic N) is 2. The zero-order chi connectivity index (χ0) is 17.9. The van der Waals surface area contributed by atoms with Gasteiger partial charge in [-0.05, 0) is 30.2 Å². The third kappa shape index (κ3) is 4.49. The topological polar surface area (TPSA) is 124 Å². The summed E-state index contributed by atoms with van der Waals surface area (Å²) in [5.74, 6) is -0.307. The summed E-state index contributed by atoms with van der Waals surface area (Å²) in [4.78, 5) is 28.0. The second-order valence-corrected chi connectivity index (χ2v) is 7.11. The Morgan fingerprint density at radius 3 is 2.42 bits per heavy atom. The number of sulfonamides is 1. The van der Waals surface area contributed by atoms with Gasteiger partial charge in [-0.1, -0.05) is 13.8 Å². The minimum atomic E-state index is -3.78. The summed E-state index contributed by atoms with van der Waals surface area (Å²) in [6, 6.07) is 6.81. The van der Waals surface area contributed by atoms with Gasteiger partial charge in [-0.3, -0.25) is 14.2 Å². The highest BCUT2D eigenvalue weighted by Gasteiger charge is 2.10. The number of hydrogen-bond acceptors (Lipinski definition) is 5. The fraction of sp³-hybridized carbons (Fsp3) is 0.267. The zero-order valence-corrected chi connectivity index (χ0v) is 14.1. The molecule has 1 aromatic heterocycles. The number of rotatable bonds is 5. The molecule has 24 heavy (non-hydrogen) atoms. The van der Waals surface area contributed by atoms with Crippen molar-refractivity contribution in [3.63, 3.8) is 0 Å². The largest absolute Gasteiger partial charge is 0.325 e. The second-order valence-electron chi connectivity index (χ2n) is 5.55. The van der Waals surface area contributed by atoms with Crippen LogP contribution in [0.15, 0.2) is 46.3 Å². The van der Waals surface area contributed by atoms with Gasteiger partial charge in [0.2, 0.25) is 15.9 Å². The van der Waals surface area contributed by atoms with Crippen molar-refractivity contribution in [3.05, 3.63) is 52.7 Å². The van der Waals surface area contributed by atoms with Crippen LogP contribution < -0.4 is 16.0 Å². The summed E-state index contributed by atoms with van der Waals surface area (Å²) in [6.07, 6.45) is 1.33. The molecule has 128 valence electrons. The van der Waals surface area contributed by atoms with Gasteiger partial charge in [-0.2, -0.15) is 0 Å². The van der Waals surface area contributed by atoms with Gasteiger partial charge in [-0.25, -0.2) is 18.5 Å². The van der Waals surface area contributed by atoms with Crippen molar-refractivity contribution in [3.8, 4) is 0 Å². The standard InChI is InChI=1S/C15H18N4O4S/c1-10(2)13-7-15(21)19(9-17-13)8-14(20)18-11-3-5-12(6-4-11)24(16,22)23/h3-7,9-10H,8H2,1-2H3,(H,18,20)(H2,16,22,23). The lowest BCUT2D eigenvalue weighted by atomic mass is 10.1. The number of benzene rings is 1. The average Bonchev–Trinajstić information content (AvgIpc) is 2.48. The predicted molar refractivity (Wildman–Crippen MR) is 89.0 cm³/mol. The van der Waals surface area contributed by atoms with Crippen molar-refractivity contribution in [2.24, 2.45) is 5.14 Å². The Bertz CT molecular complexity index is 902. The number of hydrogen-bond donors (Lipinski definition) is 2. The molecule has 0 radical (unpaired) electrons. The van der Waals surface area contributed by atoms with Gasteiger partial charge in [0.15, 0.2) is 0 Å². The third-order valence-electron chi connectivity index (χ3n) is 3.27. The average molecular weight is 350 g/mol. The van der Waals surface area contributed by atoms with Crippen molar-refractivity contribution >= 4 is 21.6 Å². The molecule has 2 rings (SSSR count). The minimum absolute atomic E-state index is 0.0507.